The van der Waals surface area contributed by atoms with Gasteiger partial charge in [-0.05, 0) is 30.7 Å². The first-order chi connectivity index (χ1) is 7.21. The Kier molecular flexibility index (Phi) is 1.63. The third kappa shape index (κ3) is 1.40. The number of aromatic nitrogens is 1. The Morgan fingerprint density at radius 1 is 1.60 bits per heavy atom. The average molecular weight is 206 g/mol. The van der Waals surface area contributed by atoms with Gasteiger partial charge in [-0.2, -0.15) is 0 Å². The Balaban J connectivity index is 1.72. The van der Waals surface area contributed by atoms with E-state index in [9.17, 15) is 9.18 Å². The van der Waals surface area contributed by atoms with Gasteiger partial charge >= 0.3 is 0 Å². The van der Waals surface area contributed by atoms with E-state index in [-0.39, 0.29) is 17.5 Å². The summed E-state index contributed by atoms with van der Waals surface area (Å²) in [5, 5.41) is 2.86. The van der Waals surface area contributed by atoms with Crippen molar-refractivity contribution in [3.8, 4) is 0 Å². The summed E-state index contributed by atoms with van der Waals surface area (Å²) in [7, 11) is 0. The predicted octanol–water partition coefficient (Wildman–Crippen LogP) is 1.50. The lowest BCUT2D eigenvalue weighted by molar-refractivity contribution is 0.0944. The molecule has 0 saturated heterocycles. The molecule has 2 fully saturated rings. The fraction of sp³-hybridized carbons (Fsp3) is 0.455. The summed E-state index contributed by atoms with van der Waals surface area (Å²) < 4.78 is 13.2. The first kappa shape index (κ1) is 8.83. The lowest BCUT2D eigenvalue weighted by Crippen LogP contribution is -2.27. The number of pyridine rings is 1. The van der Waals surface area contributed by atoms with Crippen molar-refractivity contribution in [2.45, 2.75) is 25.3 Å². The average Bonchev–Trinajstić information content (AvgIpc) is 3.10. The number of nitrogens with one attached hydrogen (secondary N) is 1. The van der Waals surface area contributed by atoms with Gasteiger partial charge in [0.15, 0.2) is 5.82 Å². The molecular weight excluding hydrogens is 195 g/mol. The molecule has 0 aliphatic heterocycles. The SMILES string of the molecule is O=C(N[C@@H]1CC12CC2)c1ccncc1F. The van der Waals surface area contributed by atoms with Crippen LogP contribution >= 0.6 is 0 Å². The zero-order valence-corrected chi connectivity index (χ0v) is 8.16. The Labute approximate surface area is 86.7 Å². The number of carbonyl (C=O) groups excluding carboxylic acids is 1. The molecule has 0 radical (unpaired) electrons. The van der Waals surface area contributed by atoms with Gasteiger partial charge in [0.25, 0.3) is 5.91 Å². The highest BCUT2D eigenvalue weighted by Crippen LogP contribution is 2.65. The van der Waals surface area contributed by atoms with Crippen LogP contribution in [0.1, 0.15) is 29.6 Å². The van der Waals surface area contributed by atoms with Crippen LogP contribution in [-0.2, 0) is 0 Å². The molecule has 1 spiro atoms. The fourth-order valence-electron chi connectivity index (χ4n) is 2.06. The highest BCUT2D eigenvalue weighted by atomic mass is 19.1. The van der Waals surface area contributed by atoms with Crippen molar-refractivity contribution in [3.63, 3.8) is 0 Å². The van der Waals surface area contributed by atoms with E-state index in [0.29, 0.717) is 5.41 Å². The van der Waals surface area contributed by atoms with E-state index in [1.807, 2.05) is 0 Å². The van der Waals surface area contributed by atoms with E-state index in [1.54, 1.807) is 0 Å². The molecule has 2 aliphatic carbocycles. The number of carbonyl (C=O) groups is 1. The Bertz CT molecular complexity index is 428. The van der Waals surface area contributed by atoms with E-state index in [1.165, 1.54) is 25.1 Å². The van der Waals surface area contributed by atoms with Gasteiger partial charge < -0.3 is 5.32 Å². The summed E-state index contributed by atoms with van der Waals surface area (Å²) in [6.07, 6.45) is 5.96. The molecule has 2 aliphatic rings. The maximum Gasteiger partial charge on any atom is 0.254 e. The van der Waals surface area contributed by atoms with Crippen molar-refractivity contribution >= 4 is 5.91 Å². The van der Waals surface area contributed by atoms with E-state index < -0.39 is 5.82 Å². The van der Waals surface area contributed by atoms with Gasteiger partial charge in [-0.15, -0.1) is 0 Å². The Morgan fingerprint density at radius 3 is 3.00 bits per heavy atom. The molecule has 1 aromatic rings. The highest BCUT2D eigenvalue weighted by molar-refractivity contribution is 5.94. The molecule has 0 bridgehead atoms. The zero-order valence-electron chi connectivity index (χ0n) is 8.16. The van der Waals surface area contributed by atoms with Gasteiger partial charge in [0, 0.05) is 12.2 Å². The Hall–Kier alpha value is -1.45. The molecule has 15 heavy (non-hydrogen) atoms. The molecule has 4 heteroatoms. The third-order valence-corrected chi connectivity index (χ3v) is 3.40. The lowest BCUT2D eigenvalue weighted by atomic mass is 10.2. The summed E-state index contributed by atoms with van der Waals surface area (Å²) in [5.41, 5.74) is 0.492. The van der Waals surface area contributed by atoms with Crippen LogP contribution in [0.25, 0.3) is 0 Å². The number of rotatable bonds is 2. The van der Waals surface area contributed by atoms with E-state index in [2.05, 4.69) is 10.3 Å². The maximum absolute atomic E-state index is 13.2. The quantitative estimate of drug-likeness (QED) is 0.796. The van der Waals surface area contributed by atoms with Gasteiger partial charge in [0.2, 0.25) is 0 Å². The zero-order chi connectivity index (χ0) is 10.5. The first-order valence-electron chi connectivity index (χ1n) is 5.12. The normalized spacial score (nSPS) is 25.0. The Morgan fingerprint density at radius 2 is 2.40 bits per heavy atom. The van der Waals surface area contributed by atoms with Crippen molar-refractivity contribution in [2.75, 3.05) is 0 Å². The summed E-state index contributed by atoms with van der Waals surface area (Å²) in [5.74, 6) is -0.871. The maximum atomic E-state index is 13.2. The van der Waals surface area contributed by atoms with Crippen LogP contribution in [-0.4, -0.2) is 16.9 Å². The molecule has 78 valence electrons. The molecule has 1 heterocycles. The van der Waals surface area contributed by atoms with Gasteiger partial charge in [-0.1, -0.05) is 0 Å². The number of hydrogen-bond acceptors (Lipinski definition) is 2. The van der Waals surface area contributed by atoms with Gasteiger partial charge in [0.1, 0.15) is 0 Å². The molecule has 1 N–H and O–H groups in total. The van der Waals surface area contributed by atoms with Gasteiger partial charge in [0.05, 0.1) is 11.8 Å². The topological polar surface area (TPSA) is 42.0 Å². The minimum absolute atomic E-state index is 0.0905. The molecule has 1 atom stereocenters. The molecule has 2 saturated carbocycles. The van der Waals surface area contributed by atoms with Crippen LogP contribution in [0, 0.1) is 11.2 Å². The largest absolute Gasteiger partial charge is 0.349 e. The van der Waals surface area contributed by atoms with Crippen LogP contribution in [0.5, 0.6) is 0 Å². The highest BCUT2D eigenvalue weighted by Gasteiger charge is 2.63. The van der Waals surface area contributed by atoms with E-state index in [0.717, 1.165) is 12.6 Å². The lowest BCUT2D eigenvalue weighted by Gasteiger charge is -2.04. The molecule has 1 aromatic heterocycles. The molecule has 3 nitrogen and oxygen atoms in total. The van der Waals surface area contributed by atoms with Crippen molar-refractivity contribution in [3.05, 3.63) is 29.8 Å². The van der Waals surface area contributed by atoms with Gasteiger partial charge in [-0.3, -0.25) is 9.78 Å². The molecule has 1 amide bonds. The minimum Gasteiger partial charge on any atom is -0.349 e. The van der Waals surface area contributed by atoms with E-state index >= 15 is 0 Å². The van der Waals surface area contributed by atoms with Crippen molar-refractivity contribution in [1.29, 1.82) is 0 Å². The first-order valence-corrected chi connectivity index (χ1v) is 5.12. The summed E-state index contributed by atoms with van der Waals surface area (Å²) in [6, 6.07) is 1.68. The van der Waals surface area contributed by atoms with E-state index in [4.69, 9.17) is 0 Å². The van der Waals surface area contributed by atoms with Crippen LogP contribution < -0.4 is 5.32 Å². The summed E-state index contributed by atoms with van der Waals surface area (Å²) in [4.78, 5) is 15.3. The number of amides is 1. The van der Waals surface area contributed by atoms with Crippen molar-refractivity contribution in [2.24, 2.45) is 5.41 Å². The van der Waals surface area contributed by atoms with Crippen LogP contribution in [0.2, 0.25) is 0 Å². The summed E-state index contributed by atoms with van der Waals surface area (Å²) in [6.45, 7) is 0. The third-order valence-electron chi connectivity index (χ3n) is 3.40. The molecule has 0 unspecified atom stereocenters. The monoisotopic (exact) mass is 206 g/mol. The van der Waals surface area contributed by atoms with Crippen LogP contribution in [0.4, 0.5) is 4.39 Å². The number of nitrogens with zero attached hydrogens (tertiary/aromatic N) is 1. The van der Waals surface area contributed by atoms with Gasteiger partial charge in [-0.25, -0.2) is 4.39 Å². The summed E-state index contributed by atoms with van der Waals surface area (Å²) >= 11 is 0. The minimum atomic E-state index is -0.555. The number of halogens is 1. The van der Waals surface area contributed by atoms with Crippen LogP contribution in [0.15, 0.2) is 18.5 Å². The van der Waals surface area contributed by atoms with Crippen molar-refractivity contribution < 1.29 is 9.18 Å². The van der Waals surface area contributed by atoms with Crippen molar-refractivity contribution in [1.82, 2.24) is 10.3 Å². The smallest absolute Gasteiger partial charge is 0.254 e. The second-order valence-electron chi connectivity index (χ2n) is 4.45. The molecule has 3 rings (SSSR count). The predicted molar refractivity (Wildman–Crippen MR) is 51.7 cm³/mol. The van der Waals surface area contributed by atoms with Crippen LogP contribution in [0.3, 0.4) is 0 Å². The second-order valence-corrected chi connectivity index (χ2v) is 4.45. The number of hydrogen-bond donors (Lipinski definition) is 1. The second kappa shape index (κ2) is 2.78. The standard InChI is InChI=1S/C11H11FN2O/c12-8-6-13-4-1-7(8)10(15)14-9-5-11(9)2-3-11/h1,4,6,9H,2-3,5H2,(H,14,15)/t9-/m1/s1. The molecule has 0 aromatic carbocycles. The fourth-order valence-corrected chi connectivity index (χ4v) is 2.06. The molecular formula is C11H11FN2O.